The lowest BCUT2D eigenvalue weighted by atomic mass is 10.1. The van der Waals surface area contributed by atoms with Gasteiger partial charge in [0.05, 0.1) is 30.4 Å². The van der Waals surface area contributed by atoms with Crippen molar-refractivity contribution in [1.82, 2.24) is 4.90 Å². The van der Waals surface area contributed by atoms with Gasteiger partial charge in [0.2, 0.25) is 5.91 Å². The molecular weight excluding hydrogens is 385 g/mol. The fourth-order valence-corrected chi connectivity index (χ4v) is 3.41. The lowest BCUT2D eigenvalue weighted by molar-refractivity contribution is -0.114. The van der Waals surface area contributed by atoms with E-state index >= 15 is 0 Å². The average Bonchev–Trinajstić information content (AvgIpc) is 3.18. The molecule has 6 nitrogen and oxygen atoms in total. The first-order chi connectivity index (χ1) is 13.5. The summed E-state index contributed by atoms with van der Waals surface area (Å²) in [5.74, 6) is -1.25. The number of nitrogens with zero attached hydrogens (tertiary/aromatic N) is 1. The van der Waals surface area contributed by atoms with Crippen molar-refractivity contribution >= 4 is 34.8 Å². The van der Waals surface area contributed by atoms with Gasteiger partial charge in [-0.15, -0.1) is 0 Å². The van der Waals surface area contributed by atoms with Crippen molar-refractivity contribution in [2.24, 2.45) is 0 Å². The third kappa shape index (κ3) is 4.61. The molecule has 0 aliphatic carbocycles. The summed E-state index contributed by atoms with van der Waals surface area (Å²) in [6.07, 6.45) is 1.62. The van der Waals surface area contributed by atoms with Gasteiger partial charge in [-0.1, -0.05) is 23.7 Å². The average molecular weight is 406 g/mol. The molecular formula is C20H21ClFN3O3. The Morgan fingerprint density at radius 2 is 2.00 bits per heavy atom. The molecule has 0 radical (unpaired) electrons. The van der Waals surface area contributed by atoms with E-state index < -0.39 is 11.7 Å². The Labute approximate surface area is 167 Å². The lowest BCUT2D eigenvalue weighted by Crippen LogP contribution is -2.38. The molecule has 1 heterocycles. The summed E-state index contributed by atoms with van der Waals surface area (Å²) in [4.78, 5) is 26.7. The topological polar surface area (TPSA) is 81.7 Å². The molecule has 1 aliphatic rings. The maximum absolute atomic E-state index is 13.7. The molecule has 1 unspecified atom stereocenters. The first-order valence-corrected chi connectivity index (χ1v) is 9.37. The summed E-state index contributed by atoms with van der Waals surface area (Å²) in [6, 6.07) is 10.6. The second-order valence-electron chi connectivity index (χ2n) is 6.55. The third-order valence-corrected chi connectivity index (χ3v) is 4.88. The van der Waals surface area contributed by atoms with Gasteiger partial charge in [-0.2, -0.15) is 0 Å². The Morgan fingerprint density at radius 3 is 2.79 bits per heavy atom. The highest BCUT2D eigenvalue weighted by atomic mass is 35.5. The number of benzene rings is 2. The van der Waals surface area contributed by atoms with Gasteiger partial charge >= 0.3 is 0 Å². The van der Waals surface area contributed by atoms with Gasteiger partial charge < -0.3 is 20.6 Å². The Morgan fingerprint density at radius 1 is 1.21 bits per heavy atom. The number of amides is 2. The van der Waals surface area contributed by atoms with Crippen molar-refractivity contribution < 1.29 is 19.1 Å². The number of halogens is 2. The highest BCUT2D eigenvalue weighted by molar-refractivity contribution is 6.30. The number of carbonyl (C=O) groups is 2. The number of hydrogen-bond acceptors (Lipinski definition) is 4. The molecule has 28 heavy (non-hydrogen) atoms. The van der Waals surface area contributed by atoms with E-state index in [0.29, 0.717) is 22.8 Å². The van der Waals surface area contributed by atoms with Crippen molar-refractivity contribution in [3.63, 3.8) is 0 Å². The third-order valence-electron chi connectivity index (χ3n) is 4.65. The smallest absolute Gasteiger partial charge is 0.256 e. The number of rotatable bonds is 6. The second-order valence-corrected chi connectivity index (χ2v) is 6.99. The fourth-order valence-electron chi connectivity index (χ4n) is 3.23. The van der Waals surface area contributed by atoms with Gasteiger partial charge in [-0.25, -0.2) is 4.39 Å². The molecule has 2 amide bonds. The largest absolute Gasteiger partial charge is 0.394 e. The summed E-state index contributed by atoms with van der Waals surface area (Å²) in [5, 5.41) is 15.1. The first kappa shape index (κ1) is 20.1. The van der Waals surface area contributed by atoms with E-state index in [4.69, 9.17) is 11.6 Å². The summed E-state index contributed by atoms with van der Waals surface area (Å²) in [5.41, 5.74) is 0.911. The zero-order valence-corrected chi connectivity index (χ0v) is 15.9. The molecule has 0 spiro atoms. The van der Waals surface area contributed by atoms with Crippen molar-refractivity contribution in [1.29, 1.82) is 0 Å². The van der Waals surface area contributed by atoms with E-state index in [0.717, 1.165) is 12.8 Å². The molecule has 3 rings (SSSR count). The van der Waals surface area contributed by atoms with E-state index in [1.165, 1.54) is 18.2 Å². The summed E-state index contributed by atoms with van der Waals surface area (Å²) in [6.45, 7) is 0.363. The van der Waals surface area contributed by atoms with Crippen LogP contribution in [0.2, 0.25) is 5.02 Å². The Bertz CT molecular complexity index is 878. The van der Waals surface area contributed by atoms with Crippen LogP contribution >= 0.6 is 11.6 Å². The Kier molecular flexibility index (Phi) is 6.49. The summed E-state index contributed by atoms with van der Waals surface area (Å²) >= 11 is 5.82. The number of anilines is 2. The molecule has 1 atom stereocenters. The van der Waals surface area contributed by atoms with Gasteiger partial charge in [0.25, 0.3) is 5.91 Å². The van der Waals surface area contributed by atoms with Crippen LogP contribution in [0.3, 0.4) is 0 Å². The number of nitrogens with one attached hydrogen (secondary N) is 2. The molecule has 0 saturated carbocycles. The Balaban J connectivity index is 1.67. The monoisotopic (exact) mass is 405 g/mol. The molecule has 2 aromatic rings. The highest BCUT2D eigenvalue weighted by Crippen LogP contribution is 2.24. The van der Waals surface area contributed by atoms with Gasteiger partial charge in [-0.05, 0) is 43.2 Å². The maximum Gasteiger partial charge on any atom is 0.256 e. The standard InChI is InChI=1S/C20H21ClFN3O3/c21-13-7-8-16(22)18(10-13)24-19(27)11-23-17-6-2-1-5-15(17)20(28)25-9-3-4-14(25)12-26/h1-2,5-8,10,14,23,26H,3-4,9,11-12H2,(H,24,27). The Hall–Kier alpha value is -2.64. The fraction of sp³-hybridized carbons (Fsp3) is 0.300. The van der Waals surface area contributed by atoms with Gasteiger partial charge in [0.1, 0.15) is 5.82 Å². The van der Waals surface area contributed by atoms with Crippen LogP contribution in [0.5, 0.6) is 0 Å². The molecule has 1 fully saturated rings. The predicted molar refractivity (Wildman–Crippen MR) is 106 cm³/mol. The molecule has 148 valence electrons. The van der Waals surface area contributed by atoms with Gasteiger partial charge in [0.15, 0.2) is 0 Å². The number of likely N-dealkylation sites (tertiary alicyclic amines) is 1. The van der Waals surface area contributed by atoms with Crippen molar-refractivity contribution in [3.05, 3.63) is 58.9 Å². The molecule has 1 saturated heterocycles. The van der Waals surface area contributed by atoms with Crippen LogP contribution in [0, 0.1) is 5.82 Å². The molecule has 1 aliphatic heterocycles. The van der Waals surface area contributed by atoms with Crippen LogP contribution < -0.4 is 10.6 Å². The predicted octanol–water partition coefficient (Wildman–Crippen LogP) is 3.13. The van der Waals surface area contributed by atoms with Crippen LogP contribution in [0.1, 0.15) is 23.2 Å². The van der Waals surface area contributed by atoms with E-state index in [9.17, 15) is 19.1 Å². The summed E-state index contributed by atoms with van der Waals surface area (Å²) < 4.78 is 13.7. The number of aliphatic hydroxyl groups excluding tert-OH is 1. The van der Waals surface area contributed by atoms with Crippen LogP contribution in [0.15, 0.2) is 42.5 Å². The van der Waals surface area contributed by atoms with Crippen LogP contribution in [0.4, 0.5) is 15.8 Å². The molecule has 2 aromatic carbocycles. The lowest BCUT2D eigenvalue weighted by Gasteiger charge is -2.24. The minimum absolute atomic E-state index is 0.00786. The van der Waals surface area contributed by atoms with Crippen molar-refractivity contribution in [3.8, 4) is 0 Å². The SMILES string of the molecule is O=C(CNc1ccccc1C(=O)N1CCCC1CO)Nc1cc(Cl)ccc1F. The molecule has 0 aromatic heterocycles. The van der Waals surface area contributed by atoms with Crippen molar-refractivity contribution in [2.75, 3.05) is 30.3 Å². The van der Waals surface area contributed by atoms with E-state index in [-0.39, 0.29) is 30.8 Å². The van der Waals surface area contributed by atoms with Gasteiger partial charge in [-0.3, -0.25) is 9.59 Å². The van der Waals surface area contributed by atoms with E-state index in [1.807, 2.05) is 0 Å². The normalized spacial score (nSPS) is 16.1. The summed E-state index contributed by atoms with van der Waals surface area (Å²) in [7, 11) is 0. The molecule has 0 bridgehead atoms. The number of para-hydroxylation sites is 1. The van der Waals surface area contributed by atoms with E-state index in [1.54, 1.807) is 29.2 Å². The number of hydrogen-bond donors (Lipinski definition) is 3. The maximum atomic E-state index is 13.7. The van der Waals surface area contributed by atoms with E-state index in [2.05, 4.69) is 10.6 Å². The minimum Gasteiger partial charge on any atom is -0.394 e. The van der Waals surface area contributed by atoms with Crippen LogP contribution in [-0.2, 0) is 4.79 Å². The zero-order valence-electron chi connectivity index (χ0n) is 15.1. The first-order valence-electron chi connectivity index (χ1n) is 8.99. The molecule has 3 N–H and O–H groups in total. The number of aliphatic hydroxyl groups is 1. The highest BCUT2D eigenvalue weighted by Gasteiger charge is 2.29. The minimum atomic E-state index is -0.586. The zero-order chi connectivity index (χ0) is 20.1. The van der Waals surface area contributed by atoms with Crippen LogP contribution in [-0.4, -0.2) is 47.6 Å². The van der Waals surface area contributed by atoms with Crippen molar-refractivity contribution in [2.45, 2.75) is 18.9 Å². The van der Waals surface area contributed by atoms with Crippen LogP contribution in [0.25, 0.3) is 0 Å². The quantitative estimate of drug-likeness (QED) is 0.689. The second kappa shape index (κ2) is 9.03. The number of carbonyl (C=O) groups excluding carboxylic acids is 2. The van der Waals surface area contributed by atoms with Gasteiger partial charge in [0, 0.05) is 17.3 Å². The molecule has 8 heteroatoms.